The third kappa shape index (κ3) is 4.79. The molecule has 1 aliphatic carbocycles. The molecule has 1 N–H and O–H groups in total. The van der Waals surface area contributed by atoms with E-state index in [0.29, 0.717) is 17.3 Å². The number of carbonyl (C=O) groups is 2. The highest BCUT2D eigenvalue weighted by Crippen LogP contribution is 2.23. The largest absolute Gasteiger partial charge is 0.339 e. The van der Waals surface area contributed by atoms with E-state index in [1.165, 1.54) is 31.4 Å². The van der Waals surface area contributed by atoms with Crippen LogP contribution in [0.4, 0.5) is 5.69 Å². The van der Waals surface area contributed by atoms with E-state index in [0.717, 1.165) is 12.8 Å². The molecular formula is C20H21Cl2N3O2. The highest BCUT2D eigenvalue weighted by molar-refractivity contribution is 6.35. The summed E-state index contributed by atoms with van der Waals surface area (Å²) in [6.45, 7) is 0. The minimum Gasteiger partial charge on any atom is -0.339 e. The van der Waals surface area contributed by atoms with Crippen molar-refractivity contribution >= 4 is 40.7 Å². The van der Waals surface area contributed by atoms with E-state index < -0.39 is 5.91 Å². The van der Waals surface area contributed by atoms with E-state index >= 15 is 0 Å². The Morgan fingerprint density at radius 1 is 1.04 bits per heavy atom. The van der Waals surface area contributed by atoms with Crippen LogP contribution in [0.15, 0.2) is 36.4 Å². The lowest BCUT2D eigenvalue weighted by atomic mass is 9.94. The molecule has 3 rings (SSSR count). The summed E-state index contributed by atoms with van der Waals surface area (Å²) < 4.78 is 0. The molecule has 1 aromatic heterocycles. The lowest BCUT2D eigenvalue weighted by molar-refractivity contribution is 0.0696. The Morgan fingerprint density at radius 3 is 2.37 bits per heavy atom. The minimum absolute atomic E-state index is 0.000621. The van der Waals surface area contributed by atoms with Gasteiger partial charge in [0.25, 0.3) is 11.8 Å². The Hall–Kier alpha value is -2.11. The Bertz CT molecular complexity index is 834. The van der Waals surface area contributed by atoms with Crippen molar-refractivity contribution in [2.24, 2.45) is 0 Å². The zero-order valence-electron chi connectivity index (χ0n) is 15.0. The van der Waals surface area contributed by atoms with Crippen molar-refractivity contribution in [1.29, 1.82) is 0 Å². The van der Waals surface area contributed by atoms with Crippen molar-refractivity contribution < 1.29 is 9.59 Å². The van der Waals surface area contributed by atoms with Crippen LogP contribution in [-0.2, 0) is 0 Å². The van der Waals surface area contributed by atoms with E-state index in [1.807, 2.05) is 11.9 Å². The maximum absolute atomic E-state index is 12.7. The van der Waals surface area contributed by atoms with Crippen LogP contribution in [0.25, 0.3) is 0 Å². The lowest BCUT2D eigenvalue weighted by Gasteiger charge is -2.31. The summed E-state index contributed by atoms with van der Waals surface area (Å²) in [5.41, 5.74) is 1.20. The zero-order chi connectivity index (χ0) is 19.4. The van der Waals surface area contributed by atoms with Gasteiger partial charge in [0.2, 0.25) is 0 Å². The second kappa shape index (κ2) is 8.72. The Balaban J connectivity index is 1.67. The number of halogens is 2. The van der Waals surface area contributed by atoms with Crippen LogP contribution in [0.2, 0.25) is 10.2 Å². The number of amides is 2. The molecule has 0 spiro atoms. The van der Waals surface area contributed by atoms with Gasteiger partial charge in [0.05, 0.1) is 5.02 Å². The predicted octanol–water partition coefficient (Wildman–Crippen LogP) is 5.05. The second-order valence-corrected chi connectivity index (χ2v) is 7.50. The normalized spacial score (nSPS) is 14.6. The van der Waals surface area contributed by atoms with Gasteiger partial charge in [0.15, 0.2) is 0 Å². The van der Waals surface area contributed by atoms with Crippen LogP contribution in [-0.4, -0.2) is 34.8 Å². The minimum atomic E-state index is -0.457. The van der Waals surface area contributed by atoms with Crippen molar-refractivity contribution in [3.8, 4) is 0 Å². The molecule has 2 amide bonds. The molecule has 1 aromatic carbocycles. The molecular weight excluding hydrogens is 385 g/mol. The van der Waals surface area contributed by atoms with E-state index in [1.54, 1.807) is 24.3 Å². The quantitative estimate of drug-likeness (QED) is 0.724. The van der Waals surface area contributed by atoms with Gasteiger partial charge in [-0.2, -0.15) is 0 Å². The van der Waals surface area contributed by atoms with Crippen LogP contribution in [0.1, 0.15) is 53.0 Å². The number of rotatable bonds is 4. The van der Waals surface area contributed by atoms with Gasteiger partial charge in [-0.3, -0.25) is 9.59 Å². The number of anilines is 1. The molecule has 0 aliphatic heterocycles. The number of benzene rings is 1. The van der Waals surface area contributed by atoms with Gasteiger partial charge in [0.1, 0.15) is 10.8 Å². The SMILES string of the molecule is CN(C(=O)c1ccc(NC(=O)c2nc(Cl)ccc2Cl)cc1)C1CCCCC1. The number of hydrogen-bond donors (Lipinski definition) is 1. The summed E-state index contributed by atoms with van der Waals surface area (Å²) in [4.78, 5) is 30.8. The summed E-state index contributed by atoms with van der Waals surface area (Å²) in [5.74, 6) is -0.458. The topological polar surface area (TPSA) is 62.3 Å². The molecule has 27 heavy (non-hydrogen) atoms. The molecule has 1 fully saturated rings. The van der Waals surface area contributed by atoms with Gasteiger partial charge >= 0.3 is 0 Å². The standard InChI is InChI=1S/C20H21Cl2N3O2/c1-25(15-5-3-2-4-6-15)20(27)13-7-9-14(10-8-13)23-19(26)18-16(21)11-12-17(22)24-18/h7-12,15H,2-6H2,1H3,(H,23,26). The van der Waals surface area contributed by atoms with Crippen molar-refractivity contribution in [2.45, 2.75) is 38.1 Å². The molecule has 5 nitrogen and oxygen atoms in total. The monoisotopic (exact) mass is 405 g/mol. The summed E-state index contributed by atoms with van der Waals surface area (Å²) >= 11 is 11.8. The molecule has 0 radical (unpaired) electrons. The fraction of sp³-hybridized carbons (Fsp3) is 0.350. The van der Waals surface area contributed by atoms with Crippen LogP contribution in [0.5, 0.6) is 0 Å². The highest BCUT2D eigenvalue weighted by Gasteiger charge is 2.23. The lowest BCUT2D eigenvalue weighted by Crippen LogP contribution is -2.38. The van der Waals surface area contributed by atoms with Crippen molar-refractivity contribution in [2.75, 3.05) is 12.4 Å². The van der Waals surface area contributed by atoms with E-state index in [2.05, 4.69) is 10.3 Å². The number of pyridine rings is 1. The molecule has 1 saturated carbocycles. The fourth-order valence-electron chi connectivity index (χ4n) is 3.30. The van der Waals surface area contributed by atoms with Gasteiger partial charge in [-0.15, -0.1) is 0 Å². The average molecular weight is 406 g/mol. The second-order valence-electron chi connectivity index (χ2n) is 6.70. The van der Waals surface area contributed by atoms with Crippen molar-refractivity contribution in [3.63, 3.8) is 0 Å². The van der Waals surface area contributed by atoms with Gasteiger partial charge in [-0.25, -0.2) is 4.98 Å². The van der Waals surface area contributed by atoms with Crippen LogP contribution >= 0.6 is 23.2 Å². The molecule has 1 aliphatic rings. The molecule has 142 valence electrons. The number of hydrogen-bond acceptors (Lipinski definition) is 3. The summed E-state index contributed by atoms with van der Waals surface area (Å²) in [6.07, 6.45) is 5.71. The number of nitrogens with zero attached hydrogens (tertiary/aromatic N) is 2. The van der Waals surface area contributed by atoms with E-state index in [4.69, 9.17) is 23.2 Å². The van der Waals surface area contributed by atoms with Crippen molar-refractivity contribution in [3.05, 3.63) is 57.8 Å². The molecule has 0 atom stereocenters. The molecule has 0 bridgehead atoms. The van der Waals surface area contributed by atoms with Crippen LogP contribution in [0.3, 0.4) is 0 Å². The first-order valence-electron chi connectivity index (χ1n) is 8.96. The third-order valence-corrected chi connectivity index (χ3v) is 5.38. The van der Waals surface area contributed by atoms with Gasteiger partial charge in [0, 0.05) is 24.3 Å². The smallest absolute Gasteiger partial charge is 0.275 e. The molecule has 0 unspecified atom stereocenters. The maximum atomic E-state index is 12.7. The third-order valence-electron chi connectivity index (χ3n) is 4.86. The van der Waals surface area contributed by atoms with Crippen molar-refractivity contribution in [1.82, 2.24) is 9.88 Å². The zero-order valence-corrected chi connectivity index (χ0v) is 16.6. The molecule has 2 aromatic rings. The predicted molar refractivity (Wildman–Crippen MR) is 108 cm³/mol. The maximum Gasteiger partial charge on any atom is 0.275 e. The first-order chi connectivity index (χ1) is 13.0. The summed E-state index contributed by atoms with van der Waals surface area (Å²) in [5, 5.41) is 3.13. The average Bonchev–Trinajstić information content (AvgIpc) is 2.70. The van der Waals surface area contributed by atoms with Gasteiger partial charge in [-0.05, 0) is 49.2 Å². The molecule has 1 heterocycles. The Kier molecular flexibility index (Phi) is 6.34. The number of carbonyl (C=O) groups excluding carboxylic acids is 2. The Morgan fingerprint density at radius 2 is 1.70 bits per heavy atom. The van der Waals surface area contributed by atoms with E-state index in [-0.39, 0.29) is 21.8 Å². The Labute approximate surface area is 168 Å². The van der Waals surface area contributed by atoms with Crippen LogP contribution < -0.4 is 5.32 Å². The highest BCUT2D eigenvalue weighted by atomic mass is 35.5. The first-order valence-corrected chi connectivity index (χ1v) is 9.72. The van der Waals surface area contributed by atoms with Crippen LogP contribution in [0, 0.1) is 0 Å². The number of nitrogens with one attached hydrogen (secondary N) is 1. The van der Waals surface area contributed by atoms with Gasteiger partial charge < -0.3 is 10.2 Å². The van der Waals surface area contributed by atoms with Gasteiger partial charge in [-0.1, -0.05) is 42.5 Å². The fourth-order valence-corrected chi connectivity index (χ4v) is 3.64. The first kappa shape index (κ1) is 19.6. The molecule has 0 saturated heterocycles. The van der Waals surface area contributed by atoms with E-state index in [9.17, 15) is 9.59 Å². The summed E-state index contributed by atoms with van der Waals surface area (Å²) in [6, 6.07) is 10.2. The molecule has 7 heteroatoms. The number of aromatic nitrogens is 1. The summed E-state index contributed by atoms with van der Waals surface area (Å²) in [7, 11) is 1.86.